The van der Waals surface area contributed by atoms with Gasteiger partial charge in [-0.3, -0.25) is 20.2 Å². The first-order valence-electron chi connectivity index (χ1n) is 8.90. The number of furan rings is 1. The molecule has 1 amide bonds. The first-order valence-corrected chi connectivity index (χ1v) is 9.31. The normalized spacial score (nSPS) is 10.4. The zero-order chi connectivity index (χ0) is 21.8. The Morgan fingerprint density at radius 1 is 1.10 bits per heavy atom. The second kappa shape index (κ2) is 8.75. The van der Waals surface area contributed by atoms with Crippen LogP contribution in [0.2, 0.25) is 0 Å². The SMILES string of the molecule is COc1ccc(NC(=S)NC(=O)c2ccc(-c3ccc(C)c(C)c3)o2)c([N+](=O)[O-])c1. The quantitative estimate of drug-likeness (QED) is 0.349. The Bertz CT molecular complexity index is 1140. The molecule has 154 valence electrons. The highest BCUT2D eigenvalue weighted by molar-refractivity contribution is 7.80. The summed E-state index contributed by atoms with van der Waals surface area (Å²) in [5, 5.41) is 16.3. The maximum atomic E-state index is 12.4. The number of methoxy groups -OCH3 is 1. The van der Waals surface area contributed by atoms with Crippen LogP contribution < -0.4 is 15.4 Å². The van der Waals surface area contributed by atoms with Crippen LogP contribution in [0.15, 0.2) is 52.9 Å². The van der Waals surface area contributed by atoms with Gasteiger partial charge >= 0.3 is 0 Å². The van der Waals surface area contributed by atoms with Crippen LogP contribution in [0.3, 0.4) is 0 Å². The summed E-state index contributed by atoms with van der Waals surface area (Å²) in [4.78, 5) is 23.1. The summed E-state index contributed by atoms with van der Waals surface area (Å²) in [6.45, 7) is 4.01. The van der Waals surface area contributed by atoms with Crippen molar-refractivity contribution < 1.29 is 18.9 Å². The molecule has 3 rings (SSSR count). The summed E-state index contributed by atoms with van der Waals surface area (Å²) in [5.74, 6) is 0.375. The predicted molar refractivity (Wildman–Crippen MR) is 117 cm³/mol. The average Bonchev–Trinajstić information content (AvgIpc) is 3.20. The lowest BCUT2D eigenvalue weighted by Crippen LogP contribution is -2.34. The number of hydrogen-bond acceptors (Lipinski definition) is 6. The van der Waals surface area contributed by atoms with E-state index in [2.05, 4.69) is 10.6 Å². The van der Waals surface area contributed by atoms with Crippen LogP contribution >= 0.6 is 12.2 Å². The largest absolute Gasteiger partial charge is 0.496 e. The number of nitro groups is 1. The Morgan fingerprint density at radius 2 is 1.87 bits per heavy atom. The Hall–Kier alpha value is -3.72. The van der Waals surface area contributed by atoms with E-state index in [4.69, 9.17) is 21.4 Å². The van der Waals surface area contributed by atoms with Crippen LogP contribution in [-0.2, 0) is 0 Å². The van der Waals surface area contributed by atoms with Crippen molar-refractivity contribution in [2.75, 3.05) is 12.4 Å². The van der Waals surface area contributed by atoms with Crippen LogP contribution in [-0.4, -0.2) is 23.1 Å². The lowest BCUT2D eigenvalue weighted by molar-refractivity contribution is -0.384. The second-order valence-corrected chi connectivity index (χ2v) is 6.92. The van der Waals surface area contributed by atoms with Gasteiger partial charge in [-0.05, 0) is 67.5 Å². The number of anilines is 1. The summed E-state index contributed by atoms with van der Waals surface area (Å²) in [6, 6.07) is 13.4. The van der Waals surface area contributed by atoms with E-state index in [0.29, 0.717) is 11.5 Å². The van der Waals surface area contributed by atoms with E-state index in [1.54, 1.807) is 12.1 Å². The lowest BCUT2D eigenvalue weighted by Gasteiger charge is -2.10. The zero-order valence-electron chi connectivity index (χ0n) is 16.5. The average molecular weight is 425 g/mol. The third kappa shape index (κ3) is 4.64. The zero-order valence-corrected chi connectivity index (χ0v) is 17.3. The van der Waals surface area contributed by atoms with E-state index in [-0.39, 0.29) is 22.2 Å². The number of carbonyl (C=O) groups is 1. The van der Waals surface area contributed by atoms with E-state index in [0.717, 1.165) is 16.7 Å². The molecule has 0 fully saturated rings. The molecule has 0 bridgehead atoms. The molecular weight excluding hydrogens is 406 g/mol. The molecule has 0 aliphatic rings. The molecule has 3 aromatic rings. The Kier molecular flexibility index (Phi) is 6.12. The van der Waals surface area contributed by atoms with Crippen molar-refractivity contribution in [1.29, 1.82) is 0 Å². The van der Waals surface area contributed by atoms with E-state index in [1.165, 1.54) is 25.3 Å². The van der Waals surface area contributed by atoms with Crippen molar-refractivity contribution in [3.63, 3.8) is 0 Å². The first kappa shape index (κ1) is 21.0. The number of rotatable bonds is 5. The minimum Gasteiger partial charge on any atom is -0.496 e. The van der Waals surface area contributed by atoms with Gasteiger partial charge in [0, 0.05) is 5.56 Å². The van der Waals surface area contributed by atoms with Crippen molar-refractivity contribution in [3.8, 4) is 17.1 Å². The molecule has 1 heterocycles. The molecule has 1 aromatic heterocycles. The molecule has 2 N–H and O–H groups in total. The number of amides is 1. The molecule has 8 nitrogen and oxygen atoms in total. The molecule has 0 saturated heterocycles. The van der Waals surface area contributed by atoms with E-state index >= 15 is 0 Å². The number of aryl methyl sites for hydroxylation is 2. The smallest absolute Gasteiger partial charge is 0.296 e. The van der Waals surface area contributed by atoms with Crippen molar-refractivity contribution in [2.24, 2.45) is 0 Å². The summed E-state index contributed by atoms with van der Waals surface area (Å²) in [7, 11) is 1.41. The molecule has 0 saturated carbocycles. The third-order valence-electron chi connectivity index (χ3n) is 4.50. The van der Waals surface area contributed by atoms with Gasteiger partial charge in [0.05, 0.1) is 18.1 Å². The van der Waals surface area contributed by atoms with Crippen LogP contribution in [0.5, 0.6) is 5.75 Å². The number of ether oxygens (including phenoxy) is 1. The van der Waals surface area contributed by atoms with Crippen LogP contribution in [0, 0.1) is 24.0 Å². The molecule has 0 spiro atoms. The van der Waals surface area contributed by atoms with Gasteiger partial charge in [-0.2, -0.15) is 0 Å². The highest BCUT2D eigenvalue weighted by Gasteiger charge is 2.18. The summed E-state index contributed by atoms with van der Waals surface area (Å²) in [6.07, 6.45) is 0. The minimum atomic E-state index is -0.572. The highest BCUT2D eigenvalue weighted by Crippen LogP contribution is 2.29. The van der Waals surface area contributed by atoms with Gasteiger partial charge in [0.25, 0.3) is 11.6 Å². The van der Waals surface area contributed by atoms with Gasteiger partial charge in [0.15, 0.2) is 10.9 Å². The van der Waals surface area contributed by atoms with Crippen molar-refractivity contribution in [2.45, 2.75) is 13.8 Å². The molecule has 0 aliphatic heterocycles. The second-order valence-electron chi connectivity index (χ2n) is 6.51. The van der Waals surface area contributed by atoms with Crippen molar-refractivity contribution in [1.82, 2.24) is 5.32 Å². The monoisotopic (exact) mass is 425 g/mol. The van der Waals surface area contributed by atoms with Crippen LogP contribution in [0.4, 0.5) is 11.4 Å². The van der Waals surface area contributed by atoms with Crippen LogP contribution in [0.25, 0.3) is 11.3 Å². The number of carbonyl (C=O) groups excluding carboxylic acids is 1. The molecule has 2 aromatic carbocycles. The fourth-order valence-corrected chi connectivity index (χ4v) is 2.93. The topological polar surface area (TPSA) is 107 Å². The summed E-state index contributed by atoms with van der Waals surface area (Å²) >= 11 is 5.11. The van der Waals surface area contributed by atoms with Gasteiger partial charge in [-0.1, -0.05) is 12.1 Å². The maximum Gasteiger partial charge on any atom is 0.296 e. The van der Waals surface area contributed by atoms with Gasteiger partial charge < -0.3 is 14.5 Å². The van der Waals surface area contributed by atoms with E-state index in [9.17, 15) is 14.9 Å². The number of benzene rings is 2. The molecule has 0 radical (unpaired) electrons. The molecular formula is C21H19N3O5S. The van der Waals surface area contributed by atoms with E-state index in [1.807, 2.05) is 32.0 Å². The summed E-state index contributed by atoms with van der Waals surface area (Å²) in [5.41, 5.74) is 3.02. The number of nitrogens with zero attached hydrogens (tertiary/aromatic N) is 1. The molecule has 0 atom stereocenters. The lowest BCUT2D eigenvalue weighted by atomic mass is 10.1. The molecule has 0 aliphatic carbocycles. The fraction of sp³-hybridized carbons (Fsp3) is 0.143. The summed E-state index contributed by atoms with van der Waals surface area (Å²) < 4.78 is 10.6. The Morgan fingerprint density at radius 3 is 2.53 bits per heavy atom. The molecule has 9 heteroatoms. The van der Waals surface area contributed by atoms with Crippen molar-refractivity contribution in [3.05, 3.63) is 75.5 Å². The van der Waals surface area contributed by atoms with Gasteiger partial charge in [0.2, 0.25) is 0 Å². The Balaban J connectivity index is 1.71. The molecule has 30 heavy (non-hydrogen) atoms. The van der Waals surface area contributed by atoms with Gasteiger partial charge in [0.1, 0.15) is 17.2 Å². The van der Waals surface area contributed by atoms with Crippen molar-refractivity contribution >= 4 is 34.6 Å². The first-order chi connectivity index (χ1) is 14.3. The number of nitrogens with one attached hydrogen (secondary N) is 2. The van der Waals surface area contributed by atoms with Gasteiger partial charge in [-0.25, -0.2) is 0 Å². The molecule has 0 unspecified atom stereocenters. The van der Waals surface area contributed by atoms with E-state index < -0.39 is 10.8 Å². The number of nitro benzene ring substituents is 1. The minimum absolute atomic E-state index is 0.0663. The number of hydrogen-bond donors (Lipinski definition) is 2. The van der Waals surface area contributed by atoms with Crippen LogP contribution in [0.1, 0.15) is 21.7 Å². The predicted octanol–water partition coefficient (Wildman–Crippen LogP) is 4.61. The van der Waals surface area contributed by atoms with Gasteiger partial charge in [-0.15, -0.1) is 0 Å². The third-order valence-corrected chi connectivity index (χ3v) is 4.70. The standard InChI is InChI=1S/C21H19N3O5S/c1-12-4-5-14(10-13(12)2)18-8-9-19(29-18)20(25)23-21(30)22-16-7-6-15(28-3)11-17(16)24(26)27/h4-11H,1-3H3,(H2,22,23,25,30). The fourth-order valence-electron chi connectivity index (χ4n) is 2.72. The maximum absolute atomic E-state index is 12.4. The number of thiocarbonyl (C=S) groups is 1. The highest BCUT2D eigenvalue weighted by atomic mass is 32.1. The Labute approximate surface area is 178 Å².